The molecular weight excluding hydrogens is 281 g/mol. The lowest BCUT2D eigenvalue weighted by Gasteiger charge is -2.34. The third-order valence-corrected chi connectivity index (χ3v) is 5.32. The second-order valence-electron chi connectivity index (χ2n) is 5.73. The van der Waals surface area contributed by atoms with E-state index in [9.17, 15) is 4.39 Å². The molecule has 2 saturated carbocycles. The minimum Gasteiger partial charge on any atom is -0.325 e. The van der Waals surface area contributed by atoms with E-state index in [1.165, 1.54) is 25.3 Å². The van der Waals surface area contributed by atoms with Gasteiger partial charge in [-0.05, 0) is 61.3 Å². The van der Waals surface area contributed by atoms with Crippen LogP contribution < -0.4 is 5.73 Å². The molecule has 2 aliphatic rings. The predicted octanol–water partition coefficient (Wildman–Crippen LogP) is 3.65. The summed E-state index contributed by atoms with van der Waals surface area (Å²) in [5, 5.41) is 0. The van der Waals surface area contributed by atoms with Crippen molar-refractivity contribution in [3.8, 4) is 0 Å². The Labute approximate surface area is 110 Å². The Morgan fingerprint density at radius 3 is 2.88 bits per heavy atom. The summed E-state index contributed by atoms with van der Waals surface area (Å²) in [5.74, 6) is 1.29. The van der Waals surface area contributed by atoms with E-state index >= 15 is 0 Å². The molecule has 0 spiro atoms. The molecule has 3 unspecified atom stereocenters. The molecule has 0 aromatic heterocycles. The number of rotatable bonds is 2. The lowest BCUT2D eigenvalue weighted by Crippen LogP contribution is -2.47. The van der Waals surface area contributed by atoms with Gasteiger partial charge in [-0.25, -0.2) is 4.39 Å². The van der Waals surface area contributed by atoms with Crippen LogP contribution in [0.25, 0.3) is 0 Å². The first-order valence-electron chi connectivity index (χ1n) is 6.30. The van der Waals surface area contributed by atoms with Crippen molar-refractivity contribution in [1.29, 1.82) is 0 Å². The lowest BCUT2D eigenvalue weighted by atomic mass is 9.77. The van der Waals surface area contributed by atoms with Crippen LogP contribution in [0.4, 0.5) is 4.39 Å². The van der Waals surface area contributed by atoms with Gasteiger partial charge in [-0.1, -0.05) is 22.4 Å². The number of nitrogens with two attached hydrogens (primary N) is 1. The highest BCUT2D eigenvalue weighted by Crippen LogP contribution is 2.51. The van der Waals surface area contributed by atoms with Gasteiger partial charge in [-0.3, -0.25) is 0 Å². The summed E-state index contributed by atoms with van der Waals surface area (Å²) < 4.78 is 14.3. The minimum atomic E-state index is -0.171. The Kier molecular flexibility index (Phi) is 2.79. The average Bonchev–Trinajstić information content (AvgIpc) is 2.83. The highest BCUT2D eigenvalue weighted by molar-refractivity contribution is 9.10. The molecule has 0 amide bonds. The molecule has 2 fully saturated rings. The van der Waals surface area contributed by atoms with Crippen LogP contribution in [-0.2, 0) is 6.42 Å². The number of halogens is 2. The van der Waals surface area contributed by atoms with Gasteiger partial charge in [0.15, 0.2) is 0 Å². The first-order chi connectivity index (χ1) is 8.07. The molecule has 0 aliphatic heterocycles. The van der Waals surface area contributed by atoms with Gasteiger partial charge in [-0.15, -0.1) is 0 Å². The van der Waals surface area contributed by atoms with Crippen LogP contribution in [0.2, 0.25) is 0 Å². The fourth-order valence-corrected chi connectivity index (χ4v) is 4.12. The number of hydrogen-bond acceptors (Lipinski definition) is 1. The van der Waals surface area contributed by atoms with Crippen molar-refractivity contribution in [3.63, 3.8) is 0 Å². The summed E-state index contributed by atoms with van der Waals surface area (Å²) >= 11 is 3.49. The number of hydrogen-bond donors (Lipinski definition) is 1. The molecule has 17 heavy (non-hydrogen) atoms. The van der Waals surface area contributed by atoms with Crippen LogP contribution in [0, 0.1) is 17.7 Å². The van der Waals surface area contributed by atoms with Gasteiger partial charge in [0.1, 0.15) is 5.82 Å². The van der Waals surface area contributed by atoms with Gasteiger partial charge in [0.2, 0.25) is 0 Å². The van der Waals surface area contributed by atoms with Crippen molar-refractivity contribution < 1.29 is 4.39 Å². The monoisotopic (exact) mass is 297 g/mol. The zero-order chi connectivity index (χ0) is 12.0. The highest BCUT2D eigenvalue weighted by Gasteiger charge is 2.48. The van der Waals surface area contributed by atoms with Gasteiger partial charge < -0.3 is 5.73 Å². The Morgan fingerprint density at radius 2 is 2.24 bits per heavy atom. The van der Waals surface area contributed by atoms with Crippen LogP contribution in [0.5, 0.6) is 0 Å². The molecule has 3 heteroatoms. The van der Waals surface area contributed by atoms with E-state index in [0.29, 0.717) is 5.92 Å². The van der Waals surface area contributed by atoms with E-state index in [4.69, 9.17) is 5.73 Å². The van der Waals surface area contributed by atoms with Crippen molar-refractivity contribution in [1.82, 2.24) is 0 Å². The van der Waals surface area contributed by atoms with Crippen molar-refractivity contribution in [2.75, 3.05) is 0 Å². The molecule has 1 aromatic rings. The predicted molar refractivity (Wildman–Crippen MR) is 70.2 cm³/mol. The number of fused-ring (bicyclic) bond motifs is 2. The molecule has 2 bridgehead atoms. The number of benzene rings is 1. The van der Waals surface area contributed by atoms with Crippen molar-refractivity contribution in [2.24, 2.45) is 17.6 Å². The maximum absolute atomic E-state index is 13.3. The van der Waals surface area contributed by atoms with Crippen LogP contribution >= 0.6 is 15.9 Å². The second kappa shape index (κ2) is 4.06. The zero-order valence-corrected chi connectivity index (χ0v) is 11.3. The fraction of sp³-hybridized carbons (Fsp3) is 0.571. The van der Waals surface area contributed by atoms with E-state index in [1.54, 1.807) is 12.1 Å². The topological polar surface area (TPSA) is 26.0 Å². The molecule has 0 heterocycles. The highest BCUT2D eigenvalue weighted by atomic mass is 79.9. The van der Waals surface area contributed by atoms with Crippen LogP contribution in [0.15, 0.2) is 22.7 Å². The Balaban J connectivity index is 1.85. The van der Waals surface area contributed by atoms with E-state index in [2.05, 4.69) is 15.9 Å². The molecule has 3 atom stereocenters. The summed E-state index contributed by atoms with van der Waals surface area (Å²) in [5.41, 5.74) is 7.47. The SMILES string of the molecule is NC1(Cc2cc(F)ccc2Br)CC2CCC1C2. The fourth-order valence-electron chi connectivity index (χ4n) is 3.74. The van der Waals surface area contributed by atoms with Gasteiger partial charge in [-0.2, -0.15) is 0 Å². The molecule has 2 N–H and O–H groups in total. The quantitative estimate of drug-likeness (QED) is 0.886. The van der Waals surface area contributed by atoms with E-state index in [0.717, 1.165) is 28.8 Å². The lowest BCUT2D eigenvalue weighted by molar-refractivity contribution is 0.269. The molecule has 1 nitrogen and oxygen atoms in total. The molecular formula is C14H17BrFN. The first-order valence-corrected chi connectivity index (χ1v) is 7.09. The Bertz CT molecular complexity index is 448. The smallest absolute Gasteiger partial charge is 0.123 e. The molecule has 92 valence electrons. The van der Waals surface area contributed by atoms with Crippen molar-refractivity contribution in [2.45, 2.75) is 37.6 Å². The van der Waals surface area contributed by atoms with Crippen LogP contribution in [0.1, 0.15) is 31.2 Å². The van der Waals surface area contributed by atoms with Crippen LogP contribution in [0.3, 0.4) is 0 Å². The summed E-state index contributed by atoms with van der Waals surface area (Å²) in [7, 11) is 0. The van der Waals surface area contributed by atoms with Gasteiger partial charge >= 0.3 is 0 Å². The van der Waals surface area contributed by atoms with E-state index < -0.39 is 0 Å². The summed E-state index contributed by atoms with van der Waals surface area (Å²) in [6.45, 7) is 0. The van der Waals surface area contributed by atoms with Crippen molar-refractivity contribution >= 4 is 15.9 Å². The molecule has 0 radical (unpaired) electrons. The maximum atomic E-state index is 13.3. The van der Waals surface area contributed by atoms with Gasteiger partial charge in [0.05, 0.1) is 0 Å². The average molecular weight is 298 g/mol. The zero-order valence-electron chi connectivity index (χ0n) is 9.76. The van der Waals surface area contributed by atoms with E-state index in [-0.39, 0.29) is 11.4 Å². The molecule has 2 aliphatic carbocycles. The van der Waals surface area contributed by atoms with E-state index in [1.807, 2.05) is 0 Å². The standard InChI is InChI=1S/C14H17BrFN/c15-13-4-3-12(16)6-10(13)8-14(17)7-9-1-2-11(14)5-9/h3-4,6,9,11H,1-2,5,7-8,17H2. The second-order valence-corrected chi connectivity index (χ2v) is 6.58. The molecule has 1 aromatic carbocycles. The molecule has 0 saturated heterocycles. The largest absolute Gasteiger partial charge is 0.325 e. The summed E-state index contributed by atoms with van der Waals surface area (Å²) in [4.78, 5) is 0. The third-order valence-electron chi connectivity index (χ3n) is 4.55. The molecule has 3 rings (SSSR count). The Morgan fingerprint density at radius 1 is 1.41 bits per heavy atom. The normalized spacial score (nSPS) is 35.5. The van der Waals surface area contributed by atoms with Crippen molar-refractivity contribution in [3.05, 3.63) is 34.1 Å². The van der Waals surface area contributed by atoms with Crippen LogP contribution in [-0.4, -0.2) is 5.54 Å². The first kappa shape index (κ1) is 11.7. The maximum Gasteiger partial charge on any atom is 0.123 e. The third kappa shape index (κ3) is 2.04. The summed E-state index contributed by atoms with van der Waals surface area (Å²) in [6, 6.07) is 4.88. The minimum absolute atomic E-state index is 0.0980. The Hall–Kier alpha value is -0.410. The van der Waals surface area contributed by atoms with Gasteiger partial charge in [0, 0.05) is 10.0 Å². The summed E-state index contributed by atoms with van der Waals surface area (Å²) in [6.07, 6.45) is 5.79. The van der Waals surface area contributed by atoms with Gasteiger partial charge in [0.25, 0.3) is 0 Å².